The van der Waals surface area contributed by atoms with Crippen LogP contribution in [-0.4, -0.2) is 28.9 Å². The second-order valence-corrected chi connectivity index (χ2v) is 4.38. The predicted octanol–water partition coefficient (Wildman–Crippen LogP) is 1.89. The molecule has 0 aliphatic heterocycles. The van der Waals surface area contributed by atoms with E-state index in [0.717, 1.165) is 15.9 Å². The molecule has 1 rings (SSSR count). The first-order valence-electron chi connectivity index (χ1n) is 5.01. The van der Waals surface area contributed by atoms with Crippen molar-refractivity contribution in [3.8, 4) is 0 Å². The molecule has 0 saturated heterocycles. The molecule has 0 saturated carbocycles. The van der Waals surface area contributed by atoms with E-state index in [9.17, 15) is 15.0 Å². The van der Waals surface area contributed by atoms with Gasteiger partial charge in [0.1, 0.15) is 6.10 Å². The van der Waals surface area contributed by atoms with Crippen LogP contribution in [0.2, 0.25) is 0 Å². The fourth-order valence-corrected chi connectivity index (χ4v) is 1.88. The molecule has 2 atom stereocenters. The molecule has 0 radical (unpaired) electrons. The second kappa shape index (κ2) is 6.86. The first kappa shape index (κ1) is 14.3. The van der Waals surface area contributed by atoms with Gasteiger partial charge in [-0.3, -0.25) is 0 Å². The predicted molar refractivity (Wildman–Crippen MR) is 65.8 cm³/mol. The van der Waals surface area contributed by atoms with E-state index in [4.69, 9.17) is 10.7 Å². The van der Waals surface area contributed by atoms with Gasteiger partial charge >= 0.3 is 5.97 Å². The first-order valence-corrected chi connectivity index (χ1v) is 6.65. The summed E-state index contributed by atoms with van der Waals surface area (Å²) >= 11 is 0. The lowest BCUT2D eigenvalue weighted by Crippen LogP contribution is -2.29. The molecule has 2 N–H and O–H groups in total. The summed E-state index contributed by atoms with van der Waals surface area (Å²) in [5.41, 5.74) is 0.413. The normalized spacial score (nSPS) is 14.1. The fraction of sp³-hybridized carbons (Fsp3) is 0.364. The quantitative estimate of drug-likeness (QED) is 0.804. The third-order valence-electron chi connectivity index (χ3n) is 2.12. The highest BCUT2D eigenvalue weighted by Gasteiger charge is 2.26. The van der Waals surface area contributed by atoms with E-state index in [1.165, 1.54) is 0 Å². The van der Waals surface area contributed by atoms with Crippen molar-refractivity contribution in [2.24, 2.45) is 0 Å². The average molecular weight is 277 g/mol. The van der Waals surface area contributed by atoms with Gasteiger partial charge in [0.25, 0.3) is 0 Å². The lowest BCUT2D eigenvalue weighted by molar-refractivity contribution is -0.159. The Bertz CT molecular complexity index is 385. The summed E-state index contributed by atoms with van der Waals surface area (Å²) in [4.78, 5) is 12.0. The number of rotatable bonds is 5. The number of carbonyl (C=O) groups excluding carboxylic acids is 1. The van der Waals surface area contributed by atoms with Gasteiger partial charge in [-0.05, 0) is 46.3 Å². The zero-order chi connectivity index (χ0) is 12.8. The molecular formula is C11H13ClO4S. The van der Waals surface area contributed by atoms with Crippen LogP contribution in [0.5, 0.6) is 0 Å². The van der Waals surface area contributed by atoms with E-state index in [1.54, 1.807) is 31.2 Å². The van der Waals surface area contributed by atoms with Gasteiger partial charge in [-0.25, -0.2) is 4.79 Å². The molecular weight excluding hydrogens is 264 g/mol. The Kier molecular flexibility index (Phi) is 5.77. The van der Waals surface area contributed by atoms with Crippen molar-refractivity contribution in [1.82, 2.24) is 0 Å². The van der Waals surface area contributed by atoms with Crippen molar-refractivity contribution in [3.05, 3.63) is 29.8 Å². The zero-order valence-corrected chi connectivity index (χ0v) is 10.7. The van der Waals surface area contributed by atoms with Gasteiger partial charge in [-0.1, -0.05) is 12.1 Å². The van der Waals surface area contributed by atoms with E-state index >= 15 is 0 Å². The summed E-state index contributed by atoms with van der Waals surface area (Å²) < 4.78 is 4.62. The zero-order valence-electron chi connectivity index (χ0n) is 9.17. The Hall–Kier alpha value is -0.750. The van der Waals surface area contributed by atoms with Crippen LogP contribution in [0.4, 0.5) is 0 Å². The Morgan fingerprint density at radius 3 is 2.82 bits per heavy atom. The van der Waals surface area contributed by atoms with Crippen LogP contribution in [0.15, 0.2) is 29.2 Å². The summed E-state index contributed by atoms with van der Waals surface area (Å²) in [6.45, 7) is 1.78. The Morgan fingerprint density at radius 1 is 1.53 bits per heavy atom. The molecule has 94 valence electrons. The topological polar surface area (TPSA) is 66.8 Å². The number of hydrogen-bond acceptors (Lipinski definition) is 5. The molecule has 0 aliphatic rings. The van der Waals surface area contributed by atoms with Gasteiger partial charge in [0.05, 0.1) is 6.61 Å². The molecule has 0 amide bonds. The molecule has 0 spiro atoms. The van der Waals surface area contributed by atoms with E-state index in [2.05, 4.69) is 4.74 Å². The highest BCUT2D eigenvalue weighted by molar-refractivity contribution is 8.21. The fourth-order valence-electron chi connectivity index (χ4n) is 1.29. The van der Waals surface area contributed by atoms with Crippen molar-refractivity contribution in [3.63, 3.8) is 0 Å². The Labute approximate surface area is 108 Å². The first-order chi connectivity index (χ1) is 8.10. The minimum atomic E-state index is -1.59. The van der Waals surface area contributed by atoms with Gasteiger partial charge in [0.15, 0.2) is 6.10 Å². The molecule has 0 aromatic heterocycles. The number of aliphatic hydroxyl groups is 2. The summed E-state index contributed by atoms with van der Waals surface area (Å²) in [6, 6.07) is 6.64. The van der Waals surface area contributed by atoms with Crippen LogP contribution in [0.25, 0.3) is 0 Å². The van der Waals surface area contributed by atoms with Crippen molar-refractivity contribution in [2.75, 3.05) is 6.61 Å². The molecule has 0 unspecified atom stereocenters. The summed E-state index contributed by atoms with van der Waals surface area (Å²) in [5, 5.41) is 19.4. The molecule has 6 heteroatoms. The number of aliphatic hydroxyl groups excluding tert-OH is 2. The highest BCUT2D eigenvalue weighted by Crippen LogP contribution is 2.26. The van der Waals surface area contributed by atoms with Gasteiger partial charge < -0.3 is 14.9 Å². The van der Waals surface area contributed by atoms with E-state index in [0.29, 0.717) is 5.56 Å². The van der Waals surface area contributed by atoms with E-state index in [1.807, 2.05) is 0 Å². The van der Waals surface area contributed by atoms with Crippen LogP contribution in [0.3, 0.4) is 0 Å². The summed E-state index contributed by atoms with van der Waals surface area (Å²) in [7, 11) is 6.57. The minimum Gasteiger partial charge on any atom is -0.464 e. The second-order valence-electron chi connectivity index (χ2n) is 3.29. The lowest BCUT2D eigenvalue weighted by Gasteiger charge is -2.16. The SMILES string of the molecule is CCOC(=O)[C@H](O)[C@@H](O)c1cccc(SCl)c1. The van der Waals surface area contributed by atoms with Crippen molar-refractivity contribution in [1.29, 1.82) is 0 Å². The standard InChI is InChI=1S/C11H13ClO4S/c1-2-16-11(15)10(14)9(13)7-4-3-5-8(6-7)17-12/h3-6,9-10,13-14H,2H2,1H3/t9-,10+/m0/s1. The number of hydrogen-bond donors (Lipinski definition) is 2. The average Bonchev–Trinajstić information content (AvgIpc) is 2.37. The Balaban J connectivity index is 2.80. The Morgan fingerprint density at radius 2 is 2.24 bits per heavy atom. The highest BCUT2D eigenvalue weighted by atomic mass is 35.7. The maximum absolute atomic E-state index is 11.2. The van der Waals surface area contributed by atoms with Gasteiger partial charge in [0.2, 0.25) is 0 Å². The molecule has 1 aromatic rings. The van der Waals surface area contributed by atoms with Crippen LogP contribution < -0.4 is 0 Å². The van der Waals surface area contributed by atoms with Crippen LogP contribution in [0, 0.1) is 0 Å². The third kappa shape index (κ3) is 3.89. The van der Waals surface area contributed by atoms with E-state index < -0.39 is 18.2 Å². The number of esters is 1. The third-order valence-corrected chi connectivity index (χ3v) is 3.08. The van der Waals surface area contributed by atoms with E-state index in [-0.39, 0.29) is 6.61 Å². The molecule has 1 aromatic carbocycles. The molecule has 0 bridgehead atoms. The van der Waals surface area contributed by atoms with Crippen LogP contribution >= 0.6 is 21.7 Å². The van der Waals surface area contributed by atoms with Crippen molar-refractivity contribution in [2.45, 2.75) is 24.0 Å². The number of benzene rings is 1. The van der Waals surface area contributed by atoms with Gasteiger partial charge in [0, 0.05) is 4.90 Å². The number of carbonyl (C=O) groups is 1. The number of ether oxygens (including phenoxy) is 1. The van der Waals surface area contributed by atoms with Crippen LogP contribution in [0.1, 0.15) is 18.6 Å². The van der Waals surface area contributed by atoms with Crippen LogP contribution in [-0.2, 0) is 9.53 Å². The maximum atomic E-state index is 11.2. The lowest BCUT2D eigenvalue weighted by atomic mass is 10.0. The molecule has 17 heavy (non-hydrogen) atoms. The molecule has 0 fully saturated rings. The molecule has 0 aliphatic carbocycles. The summed E-state index contributed by atoms with van der Waals surface area (Å²) in [6.07, 6.45) is -2.91. The minimum absolute atomic E-state index is 0.153. The smallest absolute Gasteiger partial charge is 0.338 e. The molecule has 0 heterocycles. The van der Waals surface area contributed by atoms with Crippen molar-refractivity contribution >= 4 is 27.6 Å². The largest absolute Gasteiger partial charge is 0.464 e. The number of halogens is 1. The summed E-state index contributed by atoms with van der Waals surface area (Å²) in [5.74, 6) is -0.844. The monoisotopic (exact) mass is 276 g/mol. The van der Waals surface area contributed by atoms with Crippen molar-refractivity contribution < 1.29 is 19.7 Å². The maximum Gasteiger partial charge on any atom is 0.338 e. The van der Waals surface area contributed by atoms with Gasteiger partial charge in [-0.2, -0.15) is 0 Å². The van der Waals surface area contributed by atoms with Gasteiger partial charge in [-0.15, -0.1) is 0 Å². The molecule has 4 nitrogen and oxygen atoms in total.